The maximum atomic E-state index is 12.5. The molecule has 0 spiro atoms. The number of likely N-dealkylation sites (N-methyl/N-ethyl adjacent to an activating group) is 1. The number of hydrogen-bond donors (Lipinski definition) is 3. The molecule has 0 aliphatic heterocycles. The minimum atomic E-state index is -4.70. The molecule has 14 heavy (non-hydrogen) atoms. The summed E-state index contributed by atoms with van der Waals surface area (Å²) in [5.74, 6) is 0. The molecule has 0 aromatic carbocycles. The molecule has 0 bridgehead atoms. The molecule has 0 aromatic rings. The molecule has 86 valence electrons. The zero-order chi connectivity index (χ0) is 11.4. The number of hydrogen-bond acceptors (Lipinski definition) is 3. The fourth-order valence-corrected chi connectivity index (χ4v) is 1.37. The molecule has 0 aliphatic rings. The normalized spacial score (nSPS) is 19.1. The van der Waals surface area contributed by atoms with Gasteiger partial charge in [-0.15, -0.1) is 0 Å². The Hall–Kier alpha value is -0.330. The van der Waals surface area contributed by atoms with Gasteiger partial charge in [0.25, 0.3) is 0 Å². The van der Waals surface area contributed by atoms with Gasteiger partial charge in [-0.25, -0.2) is 0 Å². The van der Waals surface area contributed by atoms with Crippen LogP contribution >= 0.6 is 0 Å². The van der Waals surface area contributed by atoms with Gasteiger partial charge in [0.05, 0.1) is 0 Å². The average Bonchev–Trinajstić information content (AvgIpc) is 2.11. The van der Waals surface area contributed by atoms with Crippen molar-refractivity contribution >= 4 is 0 Å². The molecule has 2 atom stereocenters. The van der Waals surface area contributed by atoms with E-state index in [0.717, 1.165) is 0 Å². The van der Waals surface area contributed by atoms with E-state index in [2.05, 4.69) is 5.32 Å². The average molecular weight is 214 g/mol. The summed E-state index contributed by atoms with van der Waals surface area (Å²) in [7, 11) is 1.38. The summed E-state index contributed by atoms with van der Waals surface area (Å²) in [4.78, 5) is 0. The van der Waals surface area contributed by atoms with Gasteiger partial charge in [-0.2, -0.15) is 13.2 Å². The van der Waals surface area contributed by atoms with Gasteiger partial charge in [0.2, 0.25) is 0 Å². The topological polar surface area (TPSA) is 58.3 Å². The van der Waals surface area contributed by atoms with Crippen molar-refractivity contribution in [3.05, 3.63) is 0 Å². The second-order valence-corrected chi connectivity index (χ2v) is 3.26. The molecule has 6 heteroatoms. The smallest absolute Gasteiger partial charge is 0.378 e. The van der Waals surface area contributed by atoms with Crippen molar-refractivity contribution < 1.29 is 18.3 Å². The van der Waals surface area contributed by atoms with Crippen LogP contribution in [0.5, 0.6) is 0 Å². The van der Waals surface area contributed by atoms with Crippen molar-refractivity contribution in [3.63, 3.8) is 0 Å². The Morgan fingerprint density at radius 1 is 1.43 bits per heavy atom. The lowest BCUT2D eigenvalue weighted by Crippen LogP contribution is -2.63. The third-order valence-corrected chi connectivity index (χ3v) is 2.30. The van der Waals surface area contributed by atoms with E-state index in [-0.39, 0.29) is 6.42 Å². The quantitative estimate of drug-likeness (QED) is 0.629. The summed E-state index contributed by atoms with van der Waals surface area (Å²) >= 11 is 0. The molecule has 0 saturated heterocycles. The van der Waals surface area contributed by atoms with Gasteiger partial charge in [0.1, 0.15) is 0 Å². The summed E-state index contributed by atoms with van der Waals surface area (Å²) in [5.41, 5.74) is 2.15. The van der Waals surface area contributed by atoms with Crippen LogP contribution in [0.15, 0.2) is 0 Å². The lowest BCUT2D eigenvalue weighted by atomic mass is 9.90. The highest BCUT2D eigenvalue weighted by Crippen LogP contribution is 2.33. The van der Waals surface area contributed by atoms with E-state index < -0.39 is 24.4 Å². The molecule has 0 aromatic heterocycles. The lowest BCUT2D eigenvalue weighted by Gasteiger charge is -2.36. The lowest BCUT2D eigenvalue weighted by molar-refractivity contribution is -0.266. The van der Waals surface area contributed by atoms with Crippen LogP contribution in [0.4, 0.5) is 13.2 Å². The van der Waals surface area contributed by atoms with Gasteiger partial charge in [-0.3, -0.25) is 0 Å². The summed E-state index contributed by atoms with van der Waals surface area (Å²) in [6.45, 7) is 0.916. The van der Waals surface area contributed by atoms with E-state index in [4.69, 9.17) is 5.73 Å². The van der Waals surface area contributed by atoms with Crippen molar-refractivity contribution in [2.75, 3.05) is 13.6 Å². The molecule has 4 N–H and O–H groups in total. The Morgan fingerprint density at radius 2 is 1.93 bits per heavy atom. The van der Waals surface area contributed by atoms with Gasteiger partial charge < -0.3 is 16.2 Å². The Balaban J connectivity index is 4.80. The monoisotopic (exact) mass is 214 g/mol. The molecule has 0 heterocycles. The number of aliphatic hydroxyl groups is 1. The standard InChI is InChI=1S/C8H17F3N2O/c1-3-4-6(13-2)7(14,5-12)8(9,10)11/h6,13-14H,3-5,12H2,1-2H3. The molecule has 3 nitrogen and oxygen atoms in total. The molecular formula is C8H17F3N2O. The third kappa shape index (κ3) is 2.59. The Kier molecular flexibility index (Phi) is 4.83. The molecule has 0 amide bonds. The first-order valence-electron chi connectivity index (χ1n) is 4.50. The highest BCUT2D eigenvalue weighted by molar-refractivity contribution is 4.97. The molecular weight excluding hydrogens is 197 g/mol. The predicted molar refractivity (Wildman–Crippen MR) is 47.8 cm³/mol. The number of halogens is 3. The van der Waals surface area contributed by atoms with E-state index in [9.17, 15) is 18.3 Å². The molecule has 0 radical (unpaired) electrons. The van der Waals surface area contributed by atoms with Crippen LogP contribution in [0.25, 0.3) is 0 Å². The zero-order valence-corrected chi connectivity index (χ0v) is 8.36. The minimum Gasteiger partial charge on any atom is -0.378 e. The summed E-state index contributed by atoms with van der Waals surface area (Å²) < 4.78 is 37.5. The van der Waals surface area contributed by atoms with Crippen LogP contribution < -0.4 is 11.1 Å². The van der Waals surface area contributed by atoms with Crippen molar-refractivity contribution in [2.45, 2.75) is 37.6 Å². The number of alkyl halides is 3. The maximum Gasteiger partial charge on any atom is 0.419 e. The van der Waals surface area contributed by atoms with Crippen LogP contribution in [0.1, 0.15) is 19.8 Å². The maximum absolute atomic E-state index is 12.5. The molecule has 0 fully saturated rings. The largest absolute Gasteiger partial charge is 0.419 e. The first-order chi connectivity index (χ1) is 6.33. The van der Waals surface area contributed by atoms with Crippen molar-refractivity contribution in [1.82, 2.24) is 5.32 Å². The SMILES string of the molecule is CCCC(NC)C(O)(CN)C(F)(F)F. The van der Waals surface area contributed by atoms with Gasteiger partial charge in [0, 0.05) is 12.6 Å². The van der Waals surface area contributed by atoms with Gasteiger partial charge >= 0.3 is 6.18 Å². The highest BCUT2D eigenvalue weighted by Gasteiger charge is 2.56. The van der Waals surface area contributed by atoms with Gasteiger partial charge in [0.15, 0.2) is 5.60 Å². The summed E-state index contributed by atoms with van der Waals surface area (Å²) in [5, 5.41) is 11.9. The zero-order valence-electron chi connectivity index (χ0n) is 8.36. The van der Waals surface area contributed by atoms with Crippen LogP contribution in [0.2, 0.25) is 0 Å². The molecule has 2 unspecified atom stereocenters. The van der Waals surface area contributed by atoms with Crippen LogP contribution in [-0.4, -0.2) is 36.5 Å². The molecule has 0 rings (SSSR count). The van der Waals surface area contributed by atoms with E-state index in [1.165, 1.54) is 7.05 Å². The number of nitrogens with two attached hydrogens (primary N) is 1. The first-order valence-corrected chi connectivity index (χ1v) is 4.50. The highest BCUT2D eigenvalue weighted by atomic mass is 19.4. The van der Waals surface area contributed by atoms with Crippen LogP contribution in [-0.2, 0) is 0 Å². The molecule has 0 saturated carbocycles. The Labute approximate surface area is 81.5 Å². The fraction of sp³-hybridized carbons (Fsp3) is 1.00. The fourth-order valence-electron chi connectivity index (χ4n) is 1.37. The third-order valence-electron chi connectivity index (χ3n) is 2.30. The summed E-state index contributed by atoms with van der Waals surface area (Å²) in [6.07, 6.45) is -3.93. The van der Waals surface area contributed by atoms with E-state index >= 15 is 0 Å². The van der Waals surface area contributed by atoms with E-state index in [0.29, 0.717) is 6.42 Å². The first kappa shape index (κ1) is 13.7. The van der Waals surface area contributed by atoms with Crippen LogP contribution in [0, 0.1) is 0 Å². The molecule has 0 aliphatic carbocycles. The van der Waals surface area contributed by atoms with Gasteiger partial charge in [-0.05, 0) is 13.5 Å². The van der Waals surface area contributed by atoms with Crippen molar-refractivity contribution in [1.29, 1.82) is 0 Å². The van der Waals surface area contributed by atoms with E-state index in [1.807, 2.05) is 0 Å². The Bertz CT molecular complexity index is 174. The summed E-state index contributed by atoms with van der Waals surface area (Å²) in [6, 6.07) is -1.06. The predicted octanol–water partition coefficient (Wildman–Crippen LogP) is 0.627. The van der Waals surface area contributed by atoms with Crippen LogP contribution in [0.3, 0.4) is 0 Å². The number of nitrogens with one attached hydrogen (secondary N) is 1. The second-order valence-electron chi connectivity index (χ2n) is 3.26. The minimum absolute atomic E-state index is 0.226. The second kappa shape index (κ2) is 4.95. The number of rotatable bonds is 5. The van der Waals surface area contributed by atoms with Gasteiger partial charge in [-0.1, -0.05) is 13.3 Å². The van der Waals surface area contributed by atoms with E-state index in [1.54, 1.807) is 6.92 Å². The Morgan fingerprint density at radius 3 is 2.14 bits per heavy atom. The van der Waals surface area contributed by atoms with Crippen molar-refractivity contribution in [2.24, 2.45) is 5.73 Å². The van der Waals surface area contributed by atoms with Crippen molar-refractivity contribution in [3.8, 4) is 0 Å².